The van der Waals surface area contributed by atoms with E-state index in [1.807, 2.05) is 0 Å². The van der Waals surface area contributed by atoms with Gasteiger partial charge in [-0.05, 0) is 65.6 Å². The van der Waals surface area contributed by atoms with Gasteiger partial charge in [0.25, 0.3) is 0 Å². The standard InChI is InChI=1S/C15H32N4/c1-5-16-15(18-13(3)4)17-10-7-14-8-11-19(6-2)12-9-14/h13-14H,5-12H2,1-4H3,(H2,16,17,18). The van der Waals surface area contributed by atoms with Gasteiger partial charge in [-0.2, -0.15) is 0 Å². The molecule has 0 spiro atoms. The molecule has 1 aliphatic rings. The zero-order valence-electron chi connectivity index (χ0n) is 13.2. The molecule has 1 rings (SSSR count). The minimum Gasteiger partial charge on any atom is -0.357 e. The summed E-state index contributed by atoms with van der Waals surface area (Å²) in [5.74, 6) is 1.83. The number of hydrogen-bond donors (Lipinski definition) is 2. The lowest BCUT2D eigenvalue weighted by Gasteiger charge is -2.30. The molecule has 112 valence electrons. The summed E-state index contributed by atoms with van der Waals surface area (Å²) in [6, 6.07) is 0.436. The molecule has 4 nitrogen and oxygen atoms in total. The third-order valence-corrected chi connectivity index (χ3v) is 3.73. The summed E-state index contributed by atoms with van der Waals surface area (Å²) >= 11 is 0. The Morgan fingerprint density at radius 1 is 1.26 bits per heavy atom. The van der Waals surface area contributed by atoms with E-state index in [0.717, 1.165) is 25.0 Å². The van der Waals surface area contributed by atoms with E-state index in [2.05, 4.69) is 48.2 Å². The maximum atomic E-state index is 4.67. The highest BCUT2D eigenvalue weighted by Gasteiger charge is 2.17. The maximum absolute atomic E-state index is 4.67. The van der Waals surface area contributed by atoms with E-state index in [-0.39, 0.29) is 0 Å². The van der Waals surface area contributed by atoms with Crippen molar-refractivity contribution >= 4 is 5.96 Å². The Kier molecular flexibility index (Phi) is 7.87. The van der Waals surface area contributed by atoms with Crippen LogP contribution in [0.5, 0.6) is 0 Å². The summed E-state index contributed by atoms with van der Waals surface area (Å²) in [5, 5.41) is 6.66. The fourth-order valence-electron chi connectivity index (χ4n) is 2.54. The third kappa shape index (κ3) is 6.81. The zero-order chi connectivity index (χ0) is 14.1. The molecule has 19 heavy (non-hydrogen) atoms. The van der Waals surface area contributed by atoms with Crippen molar-refractivity contribution in [2.75, 3.05) is 32.7 Å². The monoisotopic (exact) mass is 268 g/mol. The first-order valence-corrected chi connectivity index (χ1v) is 7.92. The van der Waals surface area contributed by atoms with Gasteiger partial charge in [0.15, 0.2) is 5.96 Å². The molecule has 0 atom stereocenters. The van der Waals surface area contributed by atoms with Crippen molar-refractivity contribution in [1.29, 1.82) is 0 Å². The lowest BCUT2D eigenvalue weighted by atomic mass is 9.94. The van der Waals surface area contributed by atoms with E-state index in [9.17, 15) is 0 Å². The Hall–Kier alpha value is -0.770. The number of nitrogens with one attached hydrogen (secondary N) is 2. The molecular formula is C15H32N4. The number of hydrogen-bond acceptors (Lipinski definition) is 2. The number of aliphatic imine (C=N–C) groups is 1. The molecule has 0 radical (unpaired) electrons. The van der Waals surface area contributed by atoms with E-state index in [4.69, 9.17) is 0 Å². The first-order chi connectivity index (χ1) is 9.15. The Balaban J connectivity index is 2.26. The van der Waals surface area contributed by atoms with E-state index in [1.165, 1.54) is 38.9 Å². The van der Waals surface area contributed by atoms with Gasteiger partial charge in [-0.25, -0.2) is 0 Å². The molecule has 0 amide bonds. The molecule has 4 heteroatoms. The van der Waals surface area contributed by atoms with Crippen molar-refractivity contribution in [2.45, 2.75) is 53.0 Å². The molecule has 0 aromatic rings. The van der Waals surface area contributed by atoms with Crippen LogP contribution in [0.1, 0.15) is 47.0 Å². The number of guanidine groups is 1. The quantitative estimate of drug-likeness (QED) is 0.572. The SMILES string of the molecule is CCNC(=NCCC1CCN(CC)CC1)NC(C)C. The van der Waals surface area contributed by atoms with Gasteiger partial charge in [0.1, 0.15) is 0 Å². The van der Waals surface area contributed by atoms with Crippen LogP contribution in [-0.4, -0.2) is 49.6 Å². The van der Waals surface area contributed by atoms with Gasteiger partial charge in [-0.1, -0.05) is 6.92 Å². The zero-order valence-corrected chi connectivity index (χ0v) is 13.2. The molecule has 1 heterocycles. The van der Waals surface area contributed by atoms with Crippen LogP contribution in [0.2, 0.25) is 0 Å². The van der Waals surface area contributed by atoms with Gasteiger partial charge in [0.05, 0.1) is 0 Å². The Morgan fingerprint density at radius 3 is 2.47 bits per heavy atom. The predicted molar refractivity (Wildman–Crippen MR) is 83.7 cm³/mol. The van der Waals surface area contributed by atoms with Crippen LogP contribution in [0.3, 0.4) is 0 Å². The number of likely N-dealkylation sites (tertiary alicyclic amines) is 1. The van der Waals surface area contributed by atoms with Gasteiger partial charge in [-0.15, -0.1) is 0 Å². The van der Waals surface area contributed by atoms with E-state index < -0.39 is 0 Å². The molecule has 1 aliphatic heterocycles. The molecule has 2 N–H and O–H groups in total. The average molecular weight is 268 g/mol. The van der Waals surface area contributed by atoms with Gasteiger partial charge < -0.3 is 15.5 Å². The highest BCUT2D eigenvalue weighted by atomic mass is 15.2. The number of nitrogens with zero attached hydrogens (tertiary/aromatic N) is 2. The van der Waals surface area contributed by atoms with Crippen LogP contribution in [0.15, 0.2) is 4.99 Å². The largest absolute Gasteiger partial charge is 0.357 e. The minimum absolute atomic E-state index is 0.436. The summed E-state index contributed by atoms with van der Waals surface area (Å²) in [7, 11) is 0. The number of rotatable bonds is 6. The molecule has 1 fully saturated rings. The van der Waals surface area contributed by atoms with Crippen LogP contribution in [0, 0.1) is 5.92 Å². The van der Waals surface area contributed by atoms with Crippen LogP contribution < -0.4 is 10.6 Å². The second-order valence-electron chi connectivity index (χ2n) is 5.73. The molecule has 0 aliphatic carbocycles. The van der Waals surface area contributed by atoms with Gasteiger partial charge >= 0.3 is 0 Å². The summed E-state index contributed by atoms with van der Waals surface area (Å²) in [6.07, 6.45) is 3.92. The smallest absolute Gasteiger partial charge is 0.191 e. The molecular weight excluding hydrogens is 236 g/mol. The summed E-state index contributed by atoms with van der Waals surface area (Å²) in [6.45, 7) is 14.3. The van der Waals surface area contributed by atoms with Crippen LogP contribution >= 0.6 is 0 Å². The van der Waals surface area contributed by atoms with Gasteiger partial charge in [0.2, 0.25) is 0 Å². The molecule has 0 unspecified atom stereocenters. The second-order valence-corrected chi connectivity index (χ2v) is 5.73. The van der Waals surface area contributed by atoms with Crippen LogP contribution in [0.4, 0.5) is 0 Å². The molecule has 0 bridgehead atoms. The fourth-order valence-corrected chi connectivity index (χ4v) is 2.54. The summed E-state index contributed by atoms with van der Waals surface area (Å²) in [4.78, 5) is 7.21. The van der Waals surface area contributed by atoms with Gasteiger partial charge in [-0.3, -0.25) is 4.99 Å². The highest BCUT2D eigenvalue weighted by Crippen LogP contribution is 2.19. The van der Waals surface area contributed by atoms with Crippen molar-refractivity contribution in [3.8, 4) is 0 Å². The van der Waals surface area contributed by atoms with Crippen molar-refractivity contribution in [1.82, 2.24) is 15.5 Å². The molecule has 0 aromatic carbocycles. The normalized spacial score (nSPS) is 18.9. The Bertz CT molecular complexity index is 255. The first-order valence-electron chi connectivity index (χ1n) is 7.92. The van der Waals surface area contributed by atoms with Crippen molar-refractivity contribution in [3.05, 3.63) is 0 Å². The molecule has 0 saturated carbocycles. The summed E-state index contributed by atoms with van der Waals surface area (Å²) < 4.78 is 0. The van der Waals surface area contributed by atoms with Crippen LogP contribution in [0.25, 0.3) is 0 Å². The number of piperidine rings is 1. The second kappa shape index (κ2) is 9.18. The van der Waals surface area contributed by atoms with Crippen molar-refractivity contribution in [3.63, 3.8) is 0 Å². The van der Waals surface area contributed by atoms with Crippen LogP contribution in [-0.2, 0) is 0 Å². The van der Waals surface area contributed by atoms with Crippen molar-refractivity contribution < 1.29 is 0 Å². The average Bonchev–Trinajstić information content (AvgIpc) is 2.39. The lowest BCUT2D eigenvalue weighted by Crippen LogP contribution is -2.41. The molecule has 1 saturated heterocycles. The third-order valence-electron chi connectivity index (χ3n) is 3.73. The van der Waals surface area contributed by atoms with E-state index in [0.29, 0.717) is 6.04 Å². The van der Waals surface area contributed by atoms with E-state index in [1.54, 1.807) is 0 Å². The maximum Gasteiger partial charge on any atom is 0.191 e. The fraction of sp³-hybridized carbons (Fsp3) is 0.933. The predicted octanol–water partition coefficient (Wildman–Crippen LogP) is 2.07. The Labute approximate surface area is 119 Å². The first kappa shape index (κ1) is 16.3. The van der Waals surface area contributed by atoms with E-state index >= 15 is 0 Å². The topological polar surface area (TPSA) is 39.7 Å². The van der Waals surface area contributed by atoms with Crippen molar-refractivity contribution in [2.24, 2.45) is 10.9 Å². The summed E-state index contributed by atoms with van der Waals surface area (Å²) in [5.41, 5.74) is 0. The van der Waals surface area contributed by atoms with Gasteiger partial charge in [0, 0.05) is 19.1 Å². The lowest BCUT2D eigenvalue weighted by molar-refractivity contribution is 0.188. The highest BCUT2D eigenvalue weighted by molar-refractivity contribution is 5.79. The Morgan fingerprint density at radius 2 is 1.95 bits per heavy atom. The molecule has 0 aromatic heterocycles. The minimum atomic E-state index is 0.436.